The van der Waals surface area contributed by atoms with E-state index in [1.54, 1.807) is 12.1 Å². The highest BCUT2D eigenvalue weighted by Gasteiger charge is 2.42. The highest BCUT2D eigenvalue weighted by Crippen LogP contribution is 2.55. The maximum Gasteiger partial charge on any atom is 0.286 e. The van der Waals surface area contributed by atoms with E-state index in [-0.39, 0.29) is 30.5 Å². The van der Waals surface area contributed by atoms with E-state index in [9.17, 15) is 9.59 Å². The normalized spacial score (nSPS) is 20.9. The van der Waals surface area contributed by atoms with Gasteiger partial charge in [0.05, 0.1) is 6.26 Å². The van der Waals surface area contributed by atoms with Gasteiger partial charge in [0, 0.05) is 31.3 Å². The minimum atomic E-state index is -0.300. The van der Waals surface area contributed by atoms with Crippen LogP contribution < -0.4 is 10.6 Å². The molecule has 0 fully saturated rings. The van der Waals surface area contributed by atoms with Crippen LogP contribution in [0.15, 0.2) is 71.3 Å². The van der Waals surface area contributed by atoms with Crippen molar-refractivity contribution in [3.8, 4) is 0 Å². The lowest BCUT2D eigenvalue weighted by atomic mass is 9.59. The van der Waals surface area contributed by atoms with Crippen LogP contribution in [-0.2, 0) is 4.79 Å². The van der Waals surface area contributed by atoms with Crippen LogP contribution in [0.25, 0.3) is 0 Å². The first-order valence-corrected chi connectivity index (χ1v) is 10.5. The Morgan fingerprint density at radius 2 is 1.53 bits per heavy atom. The Kier molecular flexibility index (Phi) is 4.87. The van der Waals surface area contributed by atoms with Crippen LogP contribution in [-0.4, -0.2) is 24.9 Å². The van der Waals surface area contributed by atoms with Gasteiger partial charge in [0.1, 0.15) is 0 Å². The summed E-state index contributed by atoms with van der Waals surface area (Å²) in [4.78, 5) is 24.2. The molecule has 3 aromatic rings. The van der Waals surface area contributed by atoms with E-state index in [0.29, 0.717) is 24.3 Å². The van der Waals surface area contributed by atoms with Crippen molar-refractivity contribution in [1.29, 1.82) is 0 Å². The fourth-order valence-corrected chi connectivity index (χ4v) is 5.08. The SMILES string of the molecule is O=C(CCNC(=O)c1ccco1)NC[C@H]1CC2c3ccccc3C1c1ccccc12. The highest BCUT2D eigenvalue weighted by molar-refractivity contribution is 5.91. The van der Waals surface area contributed by atoms with Crippen molar-refractivity contribution < 1.29 is 14.0 Å². The molecule has 2 amide bonds. The molecule has 0 saturated heterocycles. The van der Waals surface area contributed by atoms with Gasteiger partial charge in [0.2, 0.25) is 5.91 Å². The molecule has 0 saturated carbocycles. The first-order valence-electron chi connectivity index (χ1n) is 10.5. The predicted molar refractivity (Wildman–Crippen MR) is 113 cm³/mol. The van der Waals surface area contributed by atoms with Gasteiger partial charge in [0.25, 0.3) is 5.91 Å². The van der Waals surface area contributed by atoms with Crippen LogP contribution in [0.3, 0.4) is 0 Å². The zero-order chi connectivity index (χ0) is 20.5. The monoisotopic (exact) mass is 400 g/mol. The van der Waals surface area contributed by atoms with Crippen LogP contribution in [0.4, 0.5) is 0 Å². The Morgan fingerprint density at radius 3 is 2.17 bits per heavy atom. The molecule has 2 N–H and O–H groups in total. The zero-order valence-corrected chi connectivity index (χ0v) is 16.6. The van der Waals surface area contributed by atoms with E-state index in [1.807, 2.05) is 0 Å². The number of nitrogens with one attached hydrogen (secondary N) is 2. The smallest absolute Gasteiger partial charge is 0.286 e. The average Bonchev–Trinajstić information content (AvgIpc) is 3.33. The van der Waals surface area contributed by atoms with Gasteiger partial charge in [-0.1, -0.05) is 48.5 Å². The molecule has 3 aliphatic carbocycles. The van der Waals surface area contributed by atoms with Crippen LogP contribution in [0.2, 0.25) is 0 Å². The third-order valence-corrected chi connectivity index (χ3v) is 6.37. The molecule has 152 valence electrons. The van der Waals surface area contributed by atoms with E-state index < -0.39 is 0 Å². The molecule has 1 aromatic heterocycles. The number of carbonyl (C=O) groups is 2. The number of hydrogen-bond acceptors (Lipinski definition) is 3. The van der Waals surface area contributed by atoms with Crippen LogP contribution in [0, 0.1) is 5.92 Å². The van der Waals surface area contributed by atoms with Crippen molar-refractivity contribution in [3.05, 3.63) is 94.9 Å². The van der Waals surface area contributed by atoms with Gasteiger partial charge in [-0.15, -0.1) is 0 Å². The maximum atomic E-state index is 12.4. The van der Waals surface area contributed by atoms with E-state index in [2.05, 4.69) is 59.2 Å². The van der Waals surface area contributed by atoms with E-state index in [4.69, 9.17) is 4.42 Å². The van der Waals surface area contributed by atoms with Crippen molar-refractivity contribution in [2.24, 2.45) is 5.92 Å². The topological polar surface area (TPSA) is 71.3 Å². The summed E-state index contributed by atoms with van der Waals surface area (Å²) >= 11 is 0. The third-order valence-electron chi connectivity index (χ3n) is 6.37. The Morgan fingerprint density at radius 1 is 0.867 bits per heavy atom. The second-order valence-electron chi connectivity index (χ2n) is 8.07. The predicted octanol–water partition coefficient (Wildman–Crippen LogP) is 3.81. The lowest BCUT2D eigenvalue weighted by molar-refractivity contribution is -0.121. The maximum absolute atomic E-state index is 12.4. The van der Waals surface area contributed by atoms with Gasteiger partial charge in [-0.25, -0.2) is 0 Å². The minimum Gasteiger partial charge on any atom is -0.459 e. The Hall–Kier alpha value is -3.34. The molecule has 0 spiro atoms. The standard InChI is InChI=1S/C25H24N2O3/c28-23(11-12-26-25(29)22-10-5-13-30-22)27-15-16-14-21-17-6-1-3-8-19(17)24(16)20-9-4-2-7-18(20)21/h1-10,13,16,21,24H,11-12,14-15H2,(H,26,29)(H,27,28)/t16-,21?,24?/m1/s1. The number of fused-ring (bicyclic) bond motifs is 1. The first kappa shape index (κ1) is 18.7. The molecule has 0 unspecified atom stereocenters. The second-order valence-corrected chi connectivity index (χ2v) is 8.07. The summed E-state index contributed by atoms with van der Waals surface area (Å²) in [5.74, 6) is 1.01. The molecule has 1 heterocycles. The lowest BCUT2D eigenvalue weighted by Gasteiger charge is -2.45. The largest absolute Gasteiger partial charge is 0.459 e. The van der Waals surface area contributed by atoms with Gasteiger partial charge < -0.3 is 15.1 Å². The molecule has 5 nitrogen and oxygen atoms in total. The average molecular weight is 400 g/mol. The van der Waals surface area contributed by atoms with Crippen LogP contribution in [0.1, 0.15) is 57.5 Å². The van der Waals surface area contributed by atoms with Crippen molar-refractivity contribution in [3.63, 3.8) is 0 Å². The number of carbonyl (C=O) groups excluding carboxylic acids is 2. The molecule has 5 heteroatoms. The zero-order valence-electron chi connectivity index (χ0n) is 16.6. The van der Waals surface area contributed by atoms with Crippen molar-refractivity contribution in [2.45, 2.75) is 24.7 Å². The summed E-state index contributed by atoms with van der Waals surface area (Å²) in [5.41, 5.74) is 5.67. The van der Waals surface area contributed by atoms with Gasteiger partial charge in [-0.2, -0.15) is 0 Å². The summed E-state index contributed by atoms with van der Waals surface area (Å²) in [5, 5.41) is 5.81. The Balaban J connectivity index is 1.21. The van der Waals surface area contributed by atoms with Gasteiger partial charge in [-0.05, 0) is 46.7 Å². The van der Waals surface area contributed by atoms with Gasteiger partial charge in [-0.3, -0.25) is 9.59 Å². The van der Waals surface area contributed by atoms with Gasteiger partial charge >= 0.3 is 0 Å². The number of hydrogen-bond donors (Lipinski definition) is 2. The molecule has 0 radical (unpaired) electrons. The minimum absolute atomic E-state index is 0.0437. The highest BCUT2D eigenvalue weighted by atomic mass is 16.3. The molecular weight excluding hydrogens is 376 g/mol. The molecular formula is C25H24N2O3. The Bertz CT molecular complexity index is 1030. The van der Waals surface area contributed by atoms with E-state index >= 15 is 0 Å². The summed E-state index contributed by atoms with van der Waals surface area (Å²) < 4.78 is 5.05. The summed E-state index contributed by atoms with van der Waals surface area (Å²) in [6.07, 6.45) is 2.75. The van der Waals surface area contributed by atoms with E-state index in [1.165, 1.54) is 28.5 Å². The van der Waals surface area contributed by atoms with Crippen LogP contribution in [0.5, 0.6) is 0 Å². The molecule has 30 heavy (non-hydrogen) atoms. The number of benzene rings is 2. The summed E-state index contributed by atoms with van der Waals surface area (Å²) in [7, 11) is 0. The number of rotatable bonds is 6. The number of furan rings is 1. The second kappa shape index (κ2) is 7.82. The lowest BCUT2D eigenvalue weighted by Crippen LogP contribution is -2.40. The van der Waals surface area contributed by atoms with E-state index in [0.717, 1.165) is 6.42 Å². The first-order chi connectivity index (χ1) is 14.7. The molecule has 0 aliphatic heterocycles. The fraction of sp³-hybridized carbons (Fsp3) is 0.280. The van der Waals surface area contributed by atoms with Crippen molar-refractivity contribution in [2.75, 3.05) is 13.1 Å². The number of amides is 2. The molecule has 6 rings (SSSR count). The van der Waals surface area contributed by atoms with Gasteiger partial charge in [0.15, 0.2) is 5.76 Å². The summed E-state index contributed by atoms with van der Waals surface area (Å²) in [6.45, 7) is 0.933. The fourth-order valence-electron chi connectivity index (χ4n) is 5.08. The molecule has 2 bridgehead atoms. The summed E-state index contributed by atoms with van der Waals surface area (Å²) in [6, 6.07) is 20.7. The van der Waals surface area contributed by atoms with Crippen molar-refractivity contribution in [1.82, 2.24) is 10.6 Å². The molecule has 2 aromatic carbocycles. The van der Waals surface area contributed by atoms with Crippen molar-refractivity contribution >= 4 is 11.8 Å². The third kappa shape index (κ3) is 3.30. The van der Waals surface area contributed by atoms with Crippen LogP contribution >= 0.6 is 0 Å². The quantitative estimate of drug-likeness (QED) is 0.661. The molecule has 3 aliphatic rings. The molecule has 1 atom stereocenters. The Labute approximate surface area is 175 Å².